The molecule has 0 radical (unpaired) electrons. The van der Waals surface area contributed by atoms with Gasteiger partial charge in [0.25, 0.3) is 0 Å². The predicted molar refractivity (Wildman–Crippen MR) is 46.3 cm³/mol. The van der Waals surface area contributed by atoms with Gasteiger partial charge in [-0.1, -0.05) is 5.11 Å². The summed E-state index contributed by atoms with van der Waals surface area (Å²) in [6.07, 6.45) is 0. The Morgan fingerprint density at radius 3 is 2.43 bits per heavy atom. The molecule has 14 heavy (non-hydrogen) atoms. The molecule has 1 aromatic carbocycles. The molecule has 0 saturated heterocycles. The van der Waals surface area contributed by atoms with E-state index in [2.05, 4.69) is 10.0 Å². The van der Waals surface area contributed by atoms with Crippen molar-refractivity contribution in [3.05, 3.63) is 34.2 Å². The topological polar surface area (TPSA) is 58.0 Å². The third-order valence-electron chi connectivity index (χ3n) is 1.45. The van der Waals surface area contributed by atoms with Gasteiger partial charge in [0.15, 0.2) is 0 Å². The molecule has 4 nitrogen and oxygen atoms in total. The summed E-state index contributed by atoms with van der Waals surface area (Å²) >= 11 is 0. The molecule has 0 unspecified atom stereocenters. The van der Waals surface area contributed by atoms with Crippen molar-refractivity contribution in [1.82, 2.24) is 0 Å². The molecule has 0 aliphatic heterocycles. The quantitative estimate of drug-likeness (QED) is 0.418. The van der Waals surface area contributed by atoms with Gasteiger partial charge in [-0.3, -0.25) is 0 Å². The molecule has 0 saturated carbocycles. The summed E-state index contributed by atoms with van der Waals surface area (Å²) in [4.78, 5) is 2.31. The molecule has 0 fully saturated rings. The fourth-order valence-electron chi connectivity index (χ4n) is 0.933. The monoisotopic (exact) mass is 199 g/mol. The minimum Gasteiger partial charge on any atom is -0.494 e. The van der Waals surface area contributed by atoms with E-state index in [-0.39, 0.29) is 5.75 Å². The number of nitrogens with zero attached hydrogens (tertiary/aromatic N) is 3. The van der Waals surface area contributed by atoms with Gasteiger partial charge in [0, 0.05) is 17.0 Å². The van der Waals surface area contributed by atoms with Crippen LogP contribution < -0.4 is 4.74 Å². The Kier molecular flexibility index (Phi) is 3.25. The molecular weight excluding hydrogens is 192 g/mol. The Labute approximate surface area is 78.7 Å². The second-order valence-corrected chi connectivity index (χ2v) is 2.36. The fraction of sp³-hybridized carbons (Fsp3) is 0.250. The van der Waals surface area contributed by atoms with Crippen LogP contribution in [-0.2, 0) is 0 Å². The highest BCUT2D eigenvalue weighted by atomic mass is 19.1. The highest BCUT2D eigenvalue weighted by Crippen LogP contribution is 2.27. The molecule has 0 N–H and O–H groups in total. The van der Waals surface area contributed by atoms with Crippen LogP contribution in [0.15, 0.2) is 17.2 Å². The molecule has 0 atom stereocenters. The Morgan fingerprint density at radius 1 is 1.43 bits per heavy atom. The maximum atomic E-state index is 13.0. The van der Waals surface area contributed by atoms with Gasteiger partial charge >= 0.3 is 0 Å². The molecular formula is C8H7F2N3O. The van der Waals surface area contributed by atoms with Gasteiger partial charge in [0.05, 0.1) is 6.61 Å². The first-order valence-corrected chi connectivity index (χ1v) is 3.86. The molecule has 0 bridgehead atoms. The second kappa shape index (κ2) is 4.43. The number of hydrogen-bond donors (Lipinski definition) is 0. The van der Waals surface area contributed by atoms with E-state index in [0.717, 1.165) is 12.1 Å². The zero-order valence-electron chi connectivity index (χ0n) is 7.37. The maximum absolute atomic E-state index is 13.0. The van der Waals surface area contributed by atoms with Crippen molar-refractivity contribution in [2.75, 3.05) is 6.61 Å². The van der Waals surface area contributed by atoms with E-state index in [1.54, 1.807) is 6.92 Å². The summed E-state index contributed by atoms with van der Waals surface area (Å²) in [5.41, 5.74) is 7.39. The van der Waals surface area contributed by atoms with Crippen molar-refractivity contribution in [2.24, 2.45) is 5.11 Å². The molecule has 0 spiro atoms. The average molecular weight is 199 g/mol. The number of hydrogen-bond acceptors (Lipinski definition) is 2. The molecule has 0 heterocycles. The smallest absolute Gasteiger partial charge is 0.139 e. The Balaban J connectivity index is 3.17. The van der Waals surface area contributed by atoms with Gasteiger partial charge in [-0.2, -0.15) is 0 Å². The third kappa shape index (κ3) is 2.11. The predicted octanol–water partition coefficient (Wildman–Crippen LogP) is 3.31. The van der Waals surface area contributed by atoms with Crippen LogP contribution in [0.4, 0.5) is 14.5 Å². The first-order chi connectivity index (χ1) is 6.69. The summed E-state index contributed by atoms with van der Waals surface area (Å²) in [5, 5.41) is 2.88. The van der Waals surface area contributed by atoms with Crippen LogP contribution in [-0.4, -0.2) is 6.61 Å². The van der Waals surface area contributed by atoms with Gasteiger partial charge < -0.3 is 4.74 Å². The normalized spacial score (nSPS) is 9.36. The number of rotatable bonds is 3. The summed E-state index contributed by atoms with van der Waals surface area (Å²) in [5.74, 6) is -1.81. The molecule has 74 valence electrons. The lowest BCUT2D eigenvalue weighted by Crippen LogP contribution is -1.93. The number of azide groups is 1. The van der Waals surface area contributed by atoms with E-state index in [0.29, 0.717) is 6.61 Å². The summed E-state index contributed by atoms with van der Waals surface area (Å²) < 4.78 is 31.0. The number of benzene rings is 1. The molecule has 6 heteroatoms. The average Bonchev–Trinajstić information content (AvgIpc) is 2.12. The van der Waals surface area contributed by atoms with Gasteiger partial charge in [0.2, 0.25) is 0 Å². The van der Waals surface area contributed by atoms with Crippen LogP contribution in [0.25, 0.3) is 10.4 Å². The Morgan fingerprint density at radius 2 is 2.00 bits per heavy atom. The van der Waals surface area contributed by atoms with Crippen LogP contribution in [0.5, 0.6) is 5.75 Å². The zero-order valence-corrected chi connectivity index (χ0v) is 7.37. The van der Waals surface area contributed by atoms with E-state index in [1.165, 1.54) is 0 Å². The van der Waals surface area contributed by atoms with Crippen LogP contribution >= 0.6 is 0 Å². The lowest BCUT2D eigenvalue weighted by molar-refractivity contribution is 0.336. The van der Waals surface area contributed by atoms with Crippen molar-refractivity contribution in [1.29, 1.82) is 0 Å². The highest BCUT2D eigenvalue weighted by molar-refractivity contribution is 5.44. The van der Waals surface area contributed by atoms with Crippen LogP contribution in [0.3, 0.4) is 0 Å². The lowest BCUT2D eigenvalue weighted by atomic mass is 10.3. The van der Waals surface area contributed by atoms with Crippen LogP contribution in [0, 0.1) is 11.6 Å². The van der Waals surface area contributed by atoms with E-state index in [1.807, 2.05) is 0 Å². The number of ether oxygens (including phenoxy) is 1. The summed E-state index contributed by atoms with van der Waals surface area (Å²) in [6, 6.07) is 1.94. The number of halogens is 2. The molecule has 0 aromatic heterocycles. The standard InChI is InChI=1S/C8H7F2N3O/c1-2-14-5-3-6(9)8(12-13-11)7(10)4-5/h3-4H,2H2,1H3. The van der Waals surface area contributed by atoms with Crippen molar-refractivity contribution in [3.63, 3.8) is 0 Å². The third-order valence-corrected chi connectivity index (χ3v) is 1.45. The first kappa shape index (κ1) is 10.3. The molecule has 1 aromatic rings. The van der Waals surface area contributed by atoms with Gasteiger partial charge in [-0.25, -0.2) is 8.78 Å². The largest absolute Gasteiger partial charge is 0.494 e. The Bertz CT molecular complexity index is 365. The fourth-order valence-corrected chi connectivity index (χ4v) is 0.933. The molecule has 0 amide bonds. The van der Waals surface area contributed by atoms with Crippen molar-refractivity contribution >= 4 is 5.69 Å². The van der Waals surface area contributed by atoms with E-state index in [4.69, 9.17) is 10.3 Å². The van der Waals surface area contributed by atoms with Crippen LogP contribution in [0.2, 0.25) is 0 Å². The van der Waals surface area contributed by atoms with Gasteiger partial charge in [-0.05, 0) is 12.5 Å². The minimum atomic E-state index is -0.939. The minimum absolute atomic E-state index is 0.0689. The first-order valence-electron chi connectivity index (χ1n) is 3.86. The van der Waals surface area contributed by atoms with Crippen molar-refractivity contribution in [2.45, 2.75) is 6.92 Å². The summed E-state index contributed by atoms with van der Waals surface area (Å²) in [7, 11) is 0. The molecule has 1 rings (SSSR count). The van der Waals surface area contributed by atoms with E-state index < -0.39 is 17.3 Å². The van der Waals surface area contributed by atoms with E-state index in [9.17, 15) is 8.78 Å². The molecule has 0 aliphatic rings. The Hall–Kier alpha value is -1.81. The second-order valence-electron chi connectivity index (χ2n) is 2.36. The van der Waals surface area contributed by atoms with Gasteiger partial charge in [0.1, 0.15) is 23.1 Å². The molecule has 0 aliphatic carbocycles. The van der Waals surface area contributed by atoms with Crippen LogP contribution in [0.1, 0.15) is 6.92 Å². The van der Waals surface area contributed by atoms with Gasteiger partial charge in [-0.15, -0.1) is 0 Å². The lowest BCUT2D eigenvalue weighted by Gasteiger charge is -2.04. The SMILES string of the molecule is CCOc1cc(F)c(N=[N+]=[N-])c(F)c1. The highest BCUT2D eigenvalue weighted by Gasteiger charge is 2.09. The van der Waals surface area contributed by atoms with E-state index >= 15 is 0 Å². The zero-order chi connectivity index (χ0) is 10.6. The van der Waals surface area contributed by atoms with Crippen molar-refractivity contribution in [3.8, 4) is 5.75 Å². The summed E-state index contributed by atoms with van der Waals surface area (Å²) in [6.45, 7) is 2.00. The maximum Gasteiger partial charge on any atom is 0.139 e. The van der Waals surface area contributed by atoms with Crippen molar-refractivity contribution < 1.29 is 13.5 Å².